The quantitative estimate of drug-likeness (QED) is 0.654. The Kier molecular flexibility index (Phi) is 4.70. The van der Waals surface area contributed by atoms with Crippen LogP contribution < -0.4 is 5.32 Å². The number of nitro benzene ring substituents is 1. The van der Waals surface area contributed by atoms with Crippen molar-refractivity contribution < 1.29 is 14.4 Å². The van der Waals surface area contributed by atoms with E-state index >= 15 is 0 Å². The first-order chi connectivity index (χ1) is 9.20. The molecule has 1 aromatic carbocycles. The molecule has 1 saturated heterocycles. The van der Waals surface area contributed by atoms with Gasteiger partial charge in [-0.1, -0.05) is 0 Å². The van der Waals surface area contributed by atoms with E-state index in [0.29, 0.717) is 6.61 Å². The smallest absolute Gasteiger partial charge is 0.269 e. The molecule has 0 radical (unpaired) electrons. The van der Waals surface area contributed by atoms with E-state index < -0.39 is 4.92 Å². The van der Waals surface area contributed by atoms with Gasteiger partial charge in [0.15, 0.2) is 0 Å². The molecule has 0 aliphatic carbocycles. The summed E-state index contributed by atoms with van der Waals surface area (Å²) in [7, 11) is 1.79. The molecule has 6 nitrogen and oxygen atoms in total. The van der Waals surface area contributed by atoms with Crippen LogP contribution in [-0.4, -0.2) is 31.3 Å². The maximum Gasteiger partial charge on any atom is 0.269 e. The lowest BCUT2D eigenvalue weighted by atomic mass is 10.1. The normalized spacial score (nSPS) is 16.3. The molecule has 0 unspecified atom stereocenters. The Morgan fingerprint density at radius 1 is 1.47 bits per heavy atom. The van der Waals surface area contributed by atoms with Crippen LogP contribution in [0.5, 0.6) is 0 Å². The predicted molar refractivity (Wildman–Crippen MR) is 71.3 cm³/mol. The second-order valence-corrected chi connectivity index (χ2v) is 4.47. The zero-order valence-electron chi connectivity index (χ0n) is 10.9. The van der Waals surface area contributed by atoms with Gasteiger partial charge in [0.25, 0.3) is 5.69 Å². The highest BCUT2D eigenvalue weighted by atomic mass is 16.6. The van der Waals surface area contributed by atoms with Crippen LogP contribution in [0.1, 0.15) is 18.4 Å². The lowest BCUT2D eigenvalue weighted by Gasteiger charge is -2.22. The van der Waals surface area contributed by atoms with Gasteiger partial charge in [0.05, 0.1) is 17.6 Å². The largest absolute Gasteiger partial charge is 0.388 e. The Labute approximate surface area is 111 Å². The molecule has 1 N–H and O–H groups in total. The number of anilines is 1. The molecule has 2 rings (SSSR count). The van der Waals surface area contributed by atoms with E-state index in [-0.39, 0.29) is 11.8 Å². The summed E-state index contributed by atoms with van der Waals surface area (Å²) in [5, 5.41) is 13.8. The fraction of sp³-hybridized carbons (Fsp3) is 0.538. The van der Waals surface area contributed by atoms with Crippen LogP contribution in [-0.2, 0) is 16.1 Å². The van der Waals surface area contributed by atoms with Crippen LogP contribution in [0.25, 0.3) is 0 Å². The maximum absolute atomic E-state index is 10.8. The van der Waals surface area contributed by atoms with Gasteiger partial charge >= 0.3 is 0 Å². The third-order valence-corrected chi connectivity index (χ3v) is 3.21. The lowest BCUT2D eigenvalue weighted by molar-refractivity contribution is -0.384. The number of benzene rings is 1. The number of hydrogen-bond acceptors (Lipinski definition) is 5. The molecule has 0 amide bonds. The number of nitro groups is 1. The van der Waals surface area contributed by atoms with Gasteiger partial charge in [-0.05, 0) is 18.9 Å². The SMILES string of the molecule is CNc1ccc([N+](=O)[O-])cc1COC1CCOCC1. The summed E-state index contributed by atoms with van der Waals surface area (Å²) in [6.45, 7) is 1.82. The Morgan fingerprint density at radius 3 is 2.84 bits per heavy atom. The summed E-state index contributed by atoms with van der Waals surface area (Å²) in [5.41, 5.74) is 1.76. The molecule has 0 bridgehead atoms. The van der Waals surface area contributed by atoms with E-state index in [2.05, 4.69) is 5.32 Å². The Morgan fingerprint density at radius 2 is 2.21 bits per heavy atom. The van der Waals surface area contributed by atoms with E-state index in [1.54, 1.807) is 19.2 Å². The van der Waals surface area contributed by atoms with Crippen molar-refractivity contribution in [2.45, 2.75) is 25.6 Å². The van der Waals surface area contributed by atoms with Crippen molar-refractivity contribution in [1.29, 1.82) is 0 Å². The van der Waals surface area contributed by atoms with Crippen LogP contribution in [0.2, 0.25) is 0 Å². The van der Waals surface area contributed by atoms with Crippen molar-refractivity contribution in [1.82, 2.24) is 0 Å². The van der Waals surface area contributed by atoms with Crippen LogP contribution in [0.4, 0.5) is 11.4 Å². The van der Waals surface area contributed by atoms with E-state index in [9.17, 15) is 10.1 Å². The Balaban J connectivity index is 2.04. The third-order valence-electron chi connectivity index (χ3n) is 3.21. The second-order valence-electron chi connectivity index (χ2n) is 4.47. The maximum atomic E-state index is 10.8. The molecule has 104 valence electrons. The highest BCUT2D eigenvalue weighted by molar-refractivity contribution is 5.55. The van der Waals surface area contributed by atoms with Crippen molar-refractivity contribution >= 4 is 11.4 Å². The van der Waals surface area contributed by atoms with Crippen molar-refractivity contribution in [3.8, 4) is 0 Å². The third kappa shape index (κ3) is 3.65. The fourth-order valence-corrected chi connectivity index (χ4v) is 2.11. The van der Waals surface area contributed by atoms with Crippen molar-refractivity contribution in [2.75, 3.05) is 25.6 Å². The van der Waals surface area contributed by atoms with Gasteiger partial charge in [0.2, 0.25) is 0 Å². The average molecular weight is 266 g/mol. The minimum absolute atomic E-state index is 0.0876. The summed E-state index contributed by atoms with van der Waals surface area (Å²) < 4.78 is 11.1. The zero-order valence-corrected chi connectivity index (χ0v) is 10.9. The molecule has 0 atom stereocenters. The topological polar surface area (TPSA) is 73.6 Å². The molecule has 1 aliphatic rings. The fourth-order valence-electron chi connectivity index (χ4n) is 2.11. The van der Waals surface area contributed by atoms with Crippen molar-refractivity contribution in [3.05, 3.63) is 33.9 Å². The van der Waals surface area contributed by atoms with Crippen LogP contribution in [0.15, 0.2) is 18.2 Å². The first-order valence-corrected chi connectivity index (χ1v) is 6.35. The summed E-state index contributed by atoms with van der Waals surface area (Å²) in [4.78, 5) is 10.4. The monoisotopic (exact) mass is 266 g/mol. The van der Waals surface area contributed by atoms with Crippen molar-refractivity contribution in [2.24, 2.45) is 0 Å². The molecule has 0 saturated carbocycles. The van der Waals surface area contributed by atoms with Gasteiger partial charge < -0.3 is 14.8 Å². The first kappa shape index (κ1) is 13.8. The van der Waals surface area contributed by atoms with Crippen LogP contribution in [0.3, 0.4) is 0 Å². The second kappa shape index (κ2) is 6.49. The molecule has 0 aromatic heterocycles. The Bertz CT molecular complexity index is 444. The number of non-ortho nitro benzene ring substituents is 1. The summed E-state index contributed by atoms with van der Waals surface area (Å²) in [6, 6.07) is 4.76. The highest BCUT2D eigenvalue weighted by Gasteiger charge is 2.16. The van der Waals surface area contributed by atoms with Gasteiger partial charge in [-0.15, -0.1) is 0 Å². The molecule has 1 aliphatic heterocycles. The molecule has 19 heavy (non-hydrogen) atoms. The predicted octanol–water partition coefficient (Wildman–Crippen LogP) is 2.33. The molecule has 1 aromatic rings. The number of nitrogens with zero attached hydrogens (tertiary/aromatic N) is 1. The highest BCUT2D eigenvalue weighted by Crippen LogP contribution is 2.24. The van der Waals surface area contributed by atoms with E-state index in [1.807, 2.05) is 0 Å². The number of ether oxygens (including phenoxy) is 2. The lowest BCUT2D eigenvalue weighted by Crippen LogP contribution is -2.23. The summed E-state index contributed by atoms with van der Waals surface area (Å²) in [5.74, 6) is 0. The van der Waals surface area contributed by atoms with E-state index in [0.717, 1.165) is 37.3 Å². The van der Waals surface area contributed by atoms with Crippen molar-refractivity contribution in [3.63, 3.8) is 0 Å². The molecule has 1 heterocycles. The van der Waals surface area contributed by atoms with Gasteiger partial charge in [0.1, 0.15) is 0 Å². The first-order valence-electron chi connectivity index (χ1n) is 6.35. The minimum atomic E-state index is -0.391. The van der Waals surface area contributed by atoms with Gasteiger partial charge in [-0.3, -0.25) is 10.1 Å². The molecule has 1 fully saturated rings. The van der Waals surface area contributed by atoms with Gasteiger partial charge in [-0.2, -0.15) is 0 Å². The molecular formula is C13H18N2O4. The average Bonchev–Trinajstić information content (AvgIpc) is 2.45. The molecule has 6 heteroatoms. The summed E-state index contributed by atoms with van der Waals surface area (Å²) >= 11 is 0. The standard InChI is InChI=1S/C13H18N2O4/c1-14-13-3-2-11(15(16)17)8-10(13)9-19-12-4-6-18-7-5-12/h2-3,8,12,14H,4-7,9H2,1H3. The summed E-state index contributed by atoms with van der Waals surface area (Å²) in [6.07, 6.45) is 1.94. The van der Waals surface area contributed by atoms with E-state index in [1.165, 1.54) is 6.07 Å². The number of rotatable bonds is 5. The number of hydrogen-bond donors (Lipinski definition) is 1. The van der Waals surface area contributed by atoms with Gasteiger partial charge in [0, 0.05) is 43.6 Å². The zero-order chi connectivity index (χ0) is 13.7. The van der Waals surface area contributed by atoms with Crippen LogP contribution in [0, 0.1) is 10.1 Å². The Hall–Kier alpha value is -1.66. The molecular weight excluding hydrogens is 248 g/mol. The van der Waals surface area contributed by atoms with E-state index in [4.69, 9.17) is 9.47 Å². The van der Waals surface area contributed by atoms with Crippen LogP contribution >= 0.6 is 0 Å². The molecule has 0 spiro atoms. The minimum Gasteiger partial charge on any atom is -0.388 e. The number of nitrogens with one attached hydrogen (secondary N) is 1. The van der Waals surface area contributed by atoms with Gasteiger partial charge in [-0.25, -0.2) is 0 Å².